The lowest BCUT2D eigenvalue weighted by molar-refractivity contribution is -0.385. The molecule has 7 heteroatoms. The van der Waals surface area contributed by atoms with Crippen LogP contribution in [-0.4, -0.2) is 46.9 Å². The maximum absolute atomic E-state index is 11.9. The van der Waals surface area contributed by atoms with Crippen LogP contribution in [0.1, 0.15) is 13.8 Å². The number of amides is 1. The third kappa shape index (κ3) is 3.77. The second kappa shape index (κ2) is 6.34. The van der Waals surface area contributed by atoms with Gasteiger partial charge < -0.3 is 9.80 Å². The summed E-state index contributed by atoms with van der Waals surface area (Å²) in [5.41, 5.74) is 0.968. The molecule has 2 heterocycles. The van der Waals surface area contributed by atoms with Gasteiger partial charge in [-0.2, -0.15) is 0 Å². The van der Waals surface area contributed by atoms with E-state index in [0.717, 1.165) is 5.57 Å². The number of nitrogens with zero attached hydrogens (tertiary/aromatic N) is 4. The number of anilines is 1. The molecular formula is C14H18N4O3. The first-order valence-corrected chi connectivity index (χ1v) is 6.76. The topological polar surface area (TPSA) is 79.6 Å². The Labute approximate surface area is 123 Å². The first kappa shape index (κ1) is 15.0. The van der Waals surface area contributed by atoms with Gasteiger partial charge in [-0.1, -0.05) is 5.57 Å². The van der Waals surface area contributed by atoms with E-state index >= 15 is 0 Å². The minimum absolute atomic E-state index is 0.0175. The quantitative estimate of drug-likeness (QED) is 0.480. The summed E-state index contributed by atoms with van der Waals surface area (Å²) in [5.74, 6) is 0.737. The molecular weight excluding hydrogens is 272 g/mol. The Bertz CT molecular complexity index is 556. The van der Waals surface area contributed by atoms with Gasteiger partial charge in [0, 0.05) is 38.3 Å². The van der Waals surface area contributed by atoms with Gasteiger partial charge in [0.2, 0.25) is 5.91 Å². The van der Waals surface area contributed by atoms with Crippen molar-refractivity contribution in [2.75, 3.05) is 31.1 Å². The summed E-state index contributed by atoms with van der Waals surface area (Å²) in [6.45, 7) is 6.40. The fourth-order valence-corrected chi connectivity index (χ4v) is 2.17. The number of carbonyl (C=O) groups is 1. The zero-order chi connectivity index (χ0) is 15.4. The first-order chi connectivity index (χ1) is 9.97. The molecule has 1 saturated heterocycles. The van der Waals surface area contributed by atoms with Crippen LogP contribution in [0.15, 0.2) is 30.0 Å². The van der Waals surface area contributed by atoms with Crippen LogP contribution in [0.2, 0.25) is 0 Å². The molecule has 0 atom stereocenters. The van der Waals surface area contributed by atoms with E-state index in [-0.39, 0.29) is 11.6 Å². The Morgan fingerprint density at radius 3 is 2.43 bits per heavy atom. The van der Waals surface area contributed by atoms with E-state index in [0.29, 0.717) is 32.0 Å². The van der Waals surface area contributed by atoms with Crippen LogP contribution < -0.4 is 4.90 Å². The summed E-state index contributed by atoms with van der Waals surface area (Å²) in [5, 5.41) is 10.6. The molecule has 21 heavy (non-hydrogen) atoms. The van der Waals surface area contributed by atoms with Crippen LogP contribution in [0.3, 0.4) is 0 Å². The summed E-state index contributed by atoms with van der Waals surface area (Å²) in [6, 6.07) is 3.09. The lowest BCUT2D eigenvalue weighted by Gasteiger charge is -2.34. The standard InChI is InChI=1S/C14H18N4O3/c1-11(2)9-14(19)17-7-5-16(6-8-17)13-4-3-12(10-15-13)18(20)21/h3-4,9-10H,5-8H2,1-2H3. The van der Waals surface area contributed by atoms with Gasteiger partial charge in [-0.15, -0.1) is 0 Å². The van der Waals surface area contributed by atoms with E-state index in [4.69, 9.17) is 0 Å². The minimum Gasteiger partial charge on any atom is -0.353 e. The SMILES string of the molecule is CC(C)=CC(=O)N1CCN(c2ccc([N+](=O)[O-])cn2)CC1. The Kier molecular flexibility index (Phi) is 4.52. The number of pyridine rings is 1. The van der Waals surface area contributed by atoms with Crippen molar-refractivity contribution in [1.82, 2.24) is 9.88 Å². The van der Waals surface area contributed by atoms with E-state index in [9.17, 15) is 14.9 Å². The second-order valence-corrected chi connectivity index (χ2v) is 5.17. The minimum atomic E-state index is -0.465. The van der Waals surface area contributed by atoms with Crippen molar-refractivity contribution in [3.63, 3.8) is 0 Å². The molecule has 0 saturated carbocycles. The molecule has 1 aliphatic heterocycles. The number of hydrogen-bond acceptors (Lipinski definition) is 5. The van der Waals surface area contributed by atoms with Crippen LogP contribution in [0.25, 0.3) is 0 Å². The predicted molar refractivity (Wildman–Crippen MR) is 79.1 cm³/mol. The van der Waals surface area contributed by atoms with Crippen molar-refractivity contribution >= 4 is 17.4 Å². The molecule has 1 aliphatic rings. The van der Waals surface area contributed by atoms with Gasteiger partial charge >= 0.3 is 0 Å². The largest absolute Gasteiger partial charge is 0.353 e. The van der Waals surface area contributed by atoms with Gasteiger partial charge in [0.05, 0.1) is 4.92 Å². The molecule has 1 amide bonds. The van der Waals surface area contributed by atoms with Crippen molar-refractivity contribution in [2.45, 2.75) is 13.8 Å². The van der Waals surface area contributed by atoms with Gasteiger partial charge in [0.1, 0.15) is 12.0 Å². The molecule has 0 spiro atoms. The van der Waals surface area contributed by atoms with Crippen LogP contribution in [0.5, 0.6) is 0 Å². The van der Waals surface area contributed by atoms with Crippen molar-refractivity contribution in [3.8, 4) is 0 Å². The number of nitro groups is 1. The molecule has 1 fully saturated rings. The highest BCUT2D eigenvalue weighted by molar-refractivity contribution is 5.88. The second-order valence-electron chi connectivity index (χ2n) is 5.17. The number of piperazine rings is 1. The summed E-state index contributed by atoms with van der Waals surface area (Å²) >= 11 is 0. The first-order valence-electron chi connectivity index (χ1n) is 6.76. The van der Waals surface area contributed by atoms with E-state index < -0.39 is 4.92 Å². The highest BCUT2D eigenvalue weighted by Crippen LogP contribution is 2.17. The maximum atomic E-state index is 11.9. The van der Waals surface area contributed by atoms with Gasteiger partial charge in [-0.05, 0) is 19.9 Å². The van der Waals surface area contributed by atoms with E-state index in [1.807, 2.05) is 18.7 Å². The zero-order valence-electron chi connectivity index (χ0n) is 12.2. The number of rotatable bonds is 3. The highest BCUT2D eigenvalue weighted by Gasteiger charge is 2.21. The van der Waals surface area contributed by atoms with Gasteiger partial charge in [0.25, 0.3) is 5.69 Å². The van der Waals surface area contributed by atoms with E-state index in [1.54, 1.807) is 17.0 Å². The van der Waals surface area contributed by atoms with Crippen LogP contribution in [0, 0.1) is 10.1 Å². The fourth-order valence-electron chi connectivity index (χ4n) is 2.17. The van der Waals surface area contributed by atoms with E-state index in [1.165, 1.54) is 12.3 Å². The smallest absolute Gasteiger partial charge is 0.287 e. The molecule has 1 aromatic heterocycles. The Hall–Kier alpha value is -2.44. The molecule has 1 aromatic rings. The fraction of sp³-hybridized carbons (Fsp3) is 0.429. The molecule has 0 bridgehead atoms. The molecule has 0 N–H and O–H groups in total. The van der Waals surface area contributed by atoms with Crippen LogP contribution in [-0.2, 0) is 4.79 Å². The number of allylic oxidation sites excluding steroid dienone is 1. The van der Waals surface area contributed by atoms with E-state index in [2.05, 4.69) is 4.98 Å². The Balaban J connectivity index is 1.96. The van der Waals surface area contributed by atoms with Crippen molar-refractivity contribution in [1.29, 1.82) is 0 Å². The van der Waals surface area contributed by atoms with Crippen molar-refractivity contribution in [3.05, 3.63) is 40.1 Å². The molecule has 0 radical (unpaired) electrons. The van der Waals surface area contributed by atoms with Crippen molar-refractivity contribution < 1.29 is 9.72 Å². The zero-order valence-corrected chi connectivity index (χ0v) is 12.2. The summed E-state index contributed by atoms with van der Waals surface area (Å²) in [7, 11) is 0. The predicted octanol–water partition coefficient (Wildman–Crippen LogP) is 1.60. The number of hydrogen-bond donors (Lipinski definition) is 0. The Morgan fingerprint density at radius 2 is 1.95 bits per heavy atom. The normalized spacial score (nSPS) is 14.8. The molecule has 2 rings (SSSR count). The average molecular weight is 290 g/mol. The summed E-state index contributed by atoms with van der Waals surface area (Å²) < 4.78 is 0. The molecule has 7 nitrogen and oxygen atoms in total. The van der Waals surface area contributed by atoms with Crippen molar-refractivity contribution in [2.24, 2.45) is 0 Å². The van der Waals surface area contributed by atoms with Gasteiger partial charge in [-0.25, -0.2) is 4.98 Å². The van der Waals surface area contributed by atoms with Gasteiger partial charge in [-0.3, -0.25) is 14.9 Å². The molecule has 112 valence electrons. The third-order valence-corrected chi connectivity index (χ3v) is 3.27. The third-order valence-electron chi connectivity index (χ3n) is 3.27. The summed E-state index contributed by atoms with van der Waals surface area (Å²) in [6.07, 6.45) is 2.90. The molecule has 0 aromatic carbocycles. The van der Waals surface area contributed by atoms with Crippen LogP contribution >= 0.6 is 0 Å². The maximum Gasteiger partial charge on any atom is 0.287 e. The molecule has 0 unspecified atom stereocenters. The number of aromatic nitrogens is 1. The Morgan fingerprint density at radius 1 is 1.29 bits per heavy atom. The summed E-state index contributed by atoms with van der Waals surface area (Å²) in [4.78, 5) is 30.0. The lowest BCUT2D eigenvalue weighted by atomic mass is 10.2. The monoisotopic (exact) mass is 290 g/mol. The van der Waals surface area contributed by atoms with Gasteiger partial charge in [0.15, 0.2) is 0 Å². The number of carbonyl (C=O) groups excluding carboxylic acids is 1. The van der Waals surface area contributed by atoms with Crippen LogP contribution in [0.4, 0.5) is 11.5 Å². The average Bonchev–Trinajstić information content (AvgIpc) is 2.47. The molecule has 0 aliphatic carbocycles. The lowest BCUT2D eigenvalue weighted by Crippen LogP contribution is -2.48. The highest BCUT2D eigenvalue weighted by atomic mass is 16.6.